The van der Waals surface area contributed by atoms with Crippen molar-refractivity contribution >= 4 is 69.4 Å². The van der Waals surface area contributed by atoms with E-state index in [0.29, 0.717) is 24.4 Å². The van der Waals surface area contributed by atoms with Gasteiger partial charge in [0.25, 0.3) is 0 Å². The van der Waals surface area contributed by atoms with Crippen molar-refractivity contribution in [2.24, 2.45) is 10.2 Å². The number of furan rings is 2. The molecule has 0 aliphatic heterocycles. The van der Waals surface area contributed by atoms with Gasteiger partial charge in [-0.15, -0.1) is 0 Å². The largest absolute Gasteiger partial charge is 0.449 e. The minimum Gasteiger partial charge on any atom is -0.449 e. The number of hydrogen-bond acceptors (Lipinski definition) is 6. The highest BCUT2D eigenvalue weighted by Crippen LogP contribution is 2.08. The van der Waals surface area contributed by atoms with Crippen LogP contribution in [-0.2, 0) is 9.59 Å². The van der Waals surface area contributed by atoms with Gasteiger partial charge < -0.3 is 8.83 Å². The summed E-state index contributed by atoms with van der Waals surface area (Å²) < 4.78 is 12.0. The zero-order valence-electron chi connectivity index (χ0n) is 13.6. The van der Waals surface area contributed by atoms with Crippen LogP contribution in [0.3, 0.4) is 0 Å². The Balaban J connectivity index is 1.54. The molecule has 10 heteroatoms. The van der Waals surface area contributed by atoms with E-state index in [1.807, 2.05) is 45.2 Å². The van der Waals surface area contributed by atoms with Crippen molar-refractivity contribution in [1.29, 1.82) is 0 Å². The molecule has 26 heavy (non-hydrogen) atoms. The summed E-state index contributed by atoms with van der Waals surface area (Å²) in [5, 5.41) is 7.62. The topological polar surface area (TPSA) is 109 Å². The van der Waals surface area contributed by atoms with E-state index in [4.69, 9.17) is 8.83 Å². The first-order valence-electron chi connectivity index (χ1n) is 7.67. The van der Waals surface area contributed by atoms with Crippen LogP contribution in [0.2, 0.25) is 0 Å². The number of carbonyl (C=O) groups is 2. The van der Waals surface area contributed by atoms with E-state index in [0.717, 1.165) is 7.53 Å². The Kier molecular flexibility index (Phi) is 8.80. The molecule has 8 nitrogen and oxygen atoms in total. The SMILES string of the molecule is O=C(CCCCC(=O)N/N=C/c1ccc(I)o1)N/N=C/c1ccc(I)o1. The summed E-state index contributed by atoms with van der Waals surface area (Å²) >= 11 is 4.09. The molecule has 0 atom stereocenters. The van der Waals surface area contributed by atoms with Gasteiger partial charge in [0.2, 0.25) is 11.8 Å². The van der Waals surface area contributed by atoms with Crippen LogP contribution in [0.4, 0.5) is 0 Å². The van der Waals surface area contributed by atoms with Crippen molar-refractivity contribution in [2.45, 2.75) is 25.7 Å². The molecule has 2 N–H and O–H groups in total. The minimum absolute atomic E-state index is 0.214. The van der Waals surface area contributed by atoms with Gasteiger partial charge in [0, 0.05) is 12.8 Å². The van der Waals surface area contributed by atoms with Crippen LogP contribution in [0.1, 0.15) is 37.2 Å². The van der Waals surface area contributed by atoms with Crippen LogP contribution in [0.25, 0.3) is 0 Å². The Morgan fingerprint density at radius 1 is 0.846 bits per heavy atom. The molecule has 0 fully saturated rings. The minimum atomic E-state index is -0.214. The van der Waals surface area contributed by atoms with E-state index in [-0.39, 0.29) is 24.7 Å². The van der Waals surface area contributed by atoms with E-state index < -0.39 is 0 Å². The first-order chi connectivity index (χ1) is 12.5. The molecule has 0 spiro atoms. The summed E-state index contributed by atoms with van der Waals surface area (Å²) in [4.78, 5) is 23.2. The van der Waals surface area contributed by atoms with E-state index in [9.17, 15) is 9.59 Å². The Labute approximate surface area is 177 Å². The first kappa shape index (κ1) is 20.6. The summed E-state index contributed by atoms with van der Waals surface area (Å²) in [6.45, 7) is 0. The first-order valence-corrected chi connectivity index (χ1v) is 9.83. The van der Waals surface area contributed by atoms with Gasteiger partial charge in [0.15, 0.2) is 7.53 Å². The summed E-state index contributed by atoms with van der Waals surface area (Å²) in [5.74, 6) is 0.703. The predicted molar refractivity (Wildman–Crippen MR) is 113 cm³/mol. The fourth-order valence-corrected chi connectivity index (χ4v) is 2.68. The van der Waals surface area contributed by atoms with Crippen LogP contribution in [0.15, 0.2) is 43.3 Å². The molecule has 0 unspecified atom stereocenters. The molecule has 0 radical (unpaired) electrons. The highest BCUT2D eigenvalue weighted by molar-refractivity contribution is 14.1. The molecule has 2 heterocycles. The molecule has 2 aromatic heterocycles. The lowest BCUT2D eigenvalue weighted by atomic mass is 10.2. The van der Waals surface area contributed by atoms with Gasteiger partial charge in [-0.05, 0) is 82.3 Å². The predicted octanol–water partition coefficient (Wildman–Crippen LogP) is 3.24. The monoisotopic (exact) mass is 582 g/mol. The molecule has 138 valence electrons. The fraction of sp³-hybridized carbons (Fsp3) is 0.250. The molecule has 2 rings (SSSR count). The number of unbranched alkanes of at least 4 members (excludes halogenated alkanes) is 1. The fourth-order valence-electron chi connectivity index (χ4n) is 1.81. The van der Waals surface area contributed by atoms with Gasteiger partial charge in [-0.3, -0.25) is 9.59 Å². The Morgan fingerprint density at radius 3 is 1.62 bits per heavy atom. The Hall–Kier alpha value is -1.70. The van der Waals surface area contributed by atoms with Crippen LogP contribution >= 0.6 is 45.2 Å². The van der Waals surface area contributed by atoms with Gasteiger partial charge in [-0.1, -0.05) is 0 Å². The van der Waals surface area contributed by atoms with Crippen molar-refractivity contribution < 1.29 is 18.4 Å². The van der Waals surface area contributed by atoms with Crippen LogP contribution in [0.5, 0.6) is 0 Å². The van der Waals surface area contributed by atoms with Crippen molar-refractivity contribution in [2.75, 3.05) is 0 Å². The Morgan fingerprint density at radius 2 is 1.27 bits per heavy atom. The molecule has 0 bridgehead atoms. The number of nitrogens with zero attached hydrogens (tertiary/aromatic N) is 2. The molecule has 0 aliphatic carbocycles. The molecule has 2 amide bonds. The lowest BCUT2D eigenvalue weighted by Gasteiger charge is -2.00. The van der Waals surface area contributed by atoms with E-state index in [2.05, 4.69) is 21.1 Å². The zero-order chi connectivity index (χ0) is 18.8. The van der Waals surface area contributed by atoms with Crippen molar-refractivity contribution in [3.63, 3.8) is 0 Å². The molecule has 0 aromatic carbocycles. The summed E-state index contributed by atoms with van der Waals surface area (Å²) in [6, 6.07) is 7.11. The van der Waals surface area contributed by atoms with E-state index >= 15 is 0 Å². The maximum atomic E-state index is 11.6. The van der Waals surface area contributed by atoms with E-state index in [1.54, 1.807) is 24.3 Å². The normalized spacial score (nSPS) is 11.3. The second-order valence-corrected chi connectivity index (χ2v) is 7.20. The lowest BCUT2D eigenvalue weighted by Crippen LogP contribution is -2.18. The average Bonchev–Trinajstić information content (AvgIpc) is 3.20. The molecule has 0 aliphatic rings. The summed E-state index contributed by atoms with van der Waals surface area (Å²) in [5.41, 5.74) is 4.83. The Bertz CT molecular complexity index is 732. The number of amides is 2. The summed E-state index contributed by atoms with van der Waals surface area (Å²) in [6.07, 6.45) is 4.60. The van der Waals surface area contributed by atoms with Crippen LogP contribution in [0, 0.1) is 7.53 Å². The number of carbonyl (C=O) groups excluding carboxylic acids is 2. The quantitative estimate of drug-likeness (QED) is 0.205. The van der Waals surface area contributed by atoms with Gasteiger partial charge in [-0.25, -0.2) is 10.9 Å². The van der Waals surface area contributed by atoms with Gasteiger partial charge >= 0.3 is 0 Å². The molecule has 0 saturated heterocycles. The number of rotatable bonds is 9. The van der Waals surface area contributed by atoms with Crippen LogP contribution in [-0.4, -0.2) is 24.2 Å². The maximum absolute atomic E-state index is 11.6. The van der Waals surface area contributed by atoms with Gasteiger partial charge in [-0.2, -0.15) is 10.2 Å². The standard InChI is InChI=1S/C16H16I2N4O4/c17-13-7-5-11(25-13)9-19-21-15(23)3-1-2-4-16(24)22-20-10-12-6-8-14(18)26-12/h5-10H,1-4H2,(H,21,23)(H,22,24)/b19-9+,20-10+. The van der Waals surface area contributed by atoms with E-state index in [1.165, 1.54) is 12.4 Å². The number of nitrogens with one attached hydrogen (secondary N) is 2. The number of hydrogen-bond donors (Lipinski definition) is 2. The smallest absolute Gasteiger partial charge is 0.240 e. The lowest BCUT2D eigenvalue weighted by molar-refractivity contribution is -0.123. The second-order valence-electron chi connectivity index (χ2n) is 5.08. The number of hydrazone groups is 2. The maximum Gasteiger partial charge on any atom is 0.240 e. The zero-order valence-corrected chi connectivity index (χ0v) is 17.9. The third-order valence-electron chi connectivity index (χ3n) is 3.01. The highest BCUT2D eigenvalue weighted by Gasteiger charge is 2.03. The third-order valence-corrected chi connectivity index (χ3v) is 4.17. The second kappa shape index (κ2) is 11.1. The van der Waals surface area contributed by atoms with Gasteiger partial charge in [0.05, 0.1) is 12.4 Å². The molecular weight excluding hydrogens is 566 g/mol. The molecule has 2 aromatic rings. The highest BCUT2D eigenvalue weighted by atomic mass is 127. The summed E-state index contributed by atoms with van der Waals surface area (Å²) in [7, 11) is 0. The third kappa shape index (κ3) is 8.12. The average molecular weight is 582 g/mol. The number of halogens is 2. The molecular formula is C16H16I2N4O4. The van der Waals surface area contributed by atoms with Gasteiger partial charge in [0.1, 0.15) is 11.5 Å². The van der Waals surface area contributed by atoms with Crippen molar-refractivity contribution in [1.82, 2.24) is 10.9 Å². The van der Waals surface area contributed by atoms with Crippen molar-refractivity contribution in [3.05, 3.63) is 43.3 Å². The van der Waals surface area contributed by atoms with Crippen LogP contribution < -0.4 is 10.9 Å². The van der Waals surface area contributed by atoms with Crippen molar-refractivity contribution in [3.8, 4) is 0 Å². The molecule has 0 saturated carbocycles.